The Bertz CT molecular complexity index is 978. The standard InChI is InChI=1S/C23H25N5O2/c1-16-3-5-17(6-4-16)21(30)20-19(24)15-23(27-20,22-25-9-2-10-26-22)18-7-11-28(12-8-18)13-14-29/h2-6,9-10,14,18,24H,7-8,11-13,15H2,1H3. The number of nitrogens with zero attached hydrogens (tertiary/aromatic N) is 4. The summed E-state index contributed by atoms with van der Waals surface area (Å²) in [5, 5.41) is 8.59. The van der Waals surface area contributed by atoms with Gasteiger partial charge in [0, 0.05) is 24.4 Å². The first kappa shape index (κ1) is 20.2. The predicted octanol–water partition coefficient (Wildman–Crippen LogP) is 2.64. The fourth-order valence-electron chi connectivity index (χ4n) is 4.46. The average Bonchev–Trinajstić information content (AvgIpc) is 3.13. The molecule has 0 radical (unpaired) electrons. The summed E-state index contributed by atoms with van der Waals surface area (Å²) in [4.78, 5) is 40.0. The van der Waals surface area contributed by atoms with E-state index in [1.54, 1.807) is 30.6 Å². The molecular weight excluding hydrogens is 378 g/mol. The molecule has 4 rings (SSSR count). The fraction of sp³-hybridized carbons (Fsp3) is 0.391. The first-order chi connectivity index (χ1) is 14.5. The molecule has 1 unspecified atom stereocenters. The lowest BCUT2D eigenvalue weighted by molar-refractivity contribution is -0.109. The molecule has 7 nitrogen and oxygen atoms in total. The Morgan fingerprint density at radius 2 is 1.87 bits per heavy atom. The number of rotatable bonds is 6. The van der Waals surface area contributed by atoms with Crippen molar-refractivity contribution in [2.24, 2.45) is 10.9 Å². The second-order valence-corrected chi connectivity index (χ2v) is 8.05. The summed E-state index contributed by atoms with van der Waals surface area (Å²) in [7, 11) is 0. The number of carbonyl (C=O) groups excluding carboxylic acids is 2. The van der Waals surface area contributed by atoms with Gasteiger partial charge < -0.3 is 10.2 Å². The number of ketones is 1. The molecule has 3 heterocycles. The Kier molecular flexibility index (Phi) is 5.63. The van der Waals surface area contributed by atoms with Crippen LogP contribution >= 0.6 is 0 Å². The normalized spacial score (nSPS) is 22.7. The van der Waals surface area contributed by atoms with Gasteiger partial charge in [-0.1, -0.05) is 29.8 Å². The number of aryl methyl sites for hydroxylation is 1. The van der Waals surface area contributed by atoms with E-state index in [2.05, 4.69) is 14.9 Å². The average molecular weight is 403 g/mol. The van der Waals surface area contributed by atoms with E-state index in [9.17, 15) is 9.59 Å². The lowest BCUT2D eigenvalue weighted by Gasteiger charge is -2.39. The molecule has 0 spiro atoms. The number of Topliss-reactive ketones (excluding diaryl/α,β-unsaturated/α-hetero) is 1. The van der Waals surface area contributed by atoms with E-state index in [4.69, 9.17) is 10.4 Å². The Morgan fingerprint density at radius 3 is 2.50 bits per heavy atom. The largest absolute Gasteiger partial charge is 0.303 e. The zero-order valence-corrected chi connectivity index (χ0v) is 17.0. The van der Waals surface area contributed by atoms with Gasteiger partial charge in [0.1, 0.15) is 17.5 Å². The molecule has 0 bridgehead atoms. The lowest BCUT2D eigenvalue weighted by atomic mass is 9.75. The number of aromatic nitrogens is 2. The van der Waals surface area contributed by atoms with E-state index in [1.807, 2.05) is 19.1 Å². The maximum atomic E-state index is 13.1. The number of carbonyl (C=O) groups is 2. The van der Waals surface area contributed by atoms with Crippen LogP contribution in [0.2, 0.25) is 0 Å². The van der Waals surface area contributed by atoms with E-state index >= 15 is 0 Å². The second-order valence-electron chi connectivity index (χ2n) is 8.05. The third kappa shape index (κ3) is 3.73. The van der Waals surface area contributed by atoms with Crippen molar-refractivity contribution in [1.29, 1.82) is 5.41 Å². The first-order valence-corrected chi connectivity index (χ1v) is 10.3. The van der Waals surface area contributed by atoms with Crippen LogP contribution in [0.1, 0.15) is 41.0 Å². The van der Waals surface area contributed by atoms with Crippen molar-refractivity contribution in [3.05, 3.63) is 59.7 Å². The van der Waals surface area contributed by atoms with Crippen molar-refractivity contribution < 1.29 is 9.59 Å². The molecule has 0 saturated carbocycles. The van der Waals surface area contributed by atoms with Crippen LogP contribution in [0.4, 0.5) is 0 Å². The summed E-state index contributed by atoms with van der Waals surface area (Å²) >= 11 is 0. The number of aliphatic imine (C=N–C) groups is 1. The third-order valence-corrected chi connectivity index (χ3v) is 6.12. The molecule has 7 heteroatoms. The summed E-state index contributed by atoms with van der Waals surface area (Å²) in [5.41, 5.74) is 1.25. The minimum atomic E-state index is -0.804. The molecule has 1 aromatic carbocycles. The predicted molar refractivity (Wildman–Crippen MR) is 114 cm³/mol. The van der Waals surface area contributed by atoms with E-state index in [0.29, 0.717) is 24.4 Å². The highest BCUT2D eigenvalue weighted by atomic mass is 16.1. The van der Waals surface area contributed by atoms with Gasteiger partial charge in [0.05, 0.1) is 12.3 Å². The van der Waals surface area contributed by atoms with Crippen LogP contribution in [0.15, 0.2) is 47.7 Å². The SMILES string of the molecule is Cc1ccc(C(=O)C2=NC(c3ncccn3)(C3CCN(CC=O)CC3)CC2=N)cc1. The fourth-order valence-corrected chi connectivity index (χ4v) is 4.46. The minimum Gasteiger partial charge on any atom is -0.303 e. The van der Waals surface area contributed by atoms with Crippen molar-refractivity contribution in [3.63, 3.8) is 0 Å². The van der Waals surface area contributed by atoms with Crippen molar-refractivity contribution >= 4 is 23.5 Å². The van der Waals surface area contributed by atoms with Crippen LogP contribution in [-0.2, 0) is 10.3 Å². The molecule has 1 fully saturated rings. The van der Waals surface area contributed by atoms with E-state index in [1.165, 1.54) is 0 Å². The highest BCUT2D eigenvalue weighted by Gasteiger charge is 2.50. The molecule has 1 saturated heterocycles. The maximum Gasteiger partial charge on any atom is 0.212 e. The Labute approximate surface area is 175 Å². The molecular formula is C23H25N5O2. The smallest absolute Gasteiger partial charge is 0.212 e. The molecule has 2 aromatic rings. The summed E-state index contributed by atoms with van der Waals surface area (Å²) < 4.78 is 0. The highest BCUT2D eigenvalue weighted by Crippen LogP contribution is 2.44. The van der Waals surface area contributed by atoms with Gasteiger partial charge in [0.15, 0.2) is 5.82 Å². The number of piperidine rings is 1. The van der Waals surface area contributed by atoms with Crippen LogP contribution < -0.4 is 0 Å². The molecule has 0 aliphatic carbocycles. The van der Waals surface area contributed by atoms with Gasteiger partial charge in [0.2, 0.25) is 5.78 Å². The summed E-state index contributed by atoms with van der Waals surface area (Å²) in [5.74, 6) is 0.443. The number of hydrogen-bond acceptors (Lipinski definition) is 7. The quantitative estimate of drug-likeness (QED) is 0.590. The van der Waals surface area contributed by atoms with Gasteiger partial charge in [0.25, 0.3) is 0 Å². The minimum absolute atomic E-state index is 0.103. The van der Waals surface area contributed by atoms with Crippen LogP contribution in [0.25, 0.3) is 0 Å². The van der Waals surface area contributed by atoms with Gasteiger partial charge in [-0.25, -0.2) is 9.97 Å². The van der Waals surface area contributed by atoms with Gasteiger partial charge in [-0.3, -0.25) is 14.7 Å². The molecule has 1 atom stereocenters. The van der Waals surface area contributed by atoms with Crippen molar-refractivity contribution in [1.82, 2.24) is 14.9 Å². The second kappa shape index (κ2) is 8.36. The summed E-state index contributed by atoms with van der Waals surface area (Å²) in [6, 6.07) is 9.10. The first-order valence-electron chi connectivity index (χ1n) is 10.3. The monoisotopic (exact) mass is 403 g/mol. The topological polar surface area (TPSA) is 99.4 Å². The lowest BCUT2D eigenvalue weighted by Crippen LogP contribution is -2.43. The summed E-state index contributed by atoms with van der Waals surface area (Å²) in [6.45, 7) is 3.96. The van der Waals surface area contributed by atoms with E-state index < -0.39 is 5.54 Å². The van der Waals surface area contributed by atoms with Crippen molar-refractivity contribution in [2.45, 2.75) is 31.7 Å². The van der Waals surface area contributed by atoms with E-state index in [0.717, 1.165) is 37.8 Å². The van der Waals surface area contributed by atoms with Gasteiger partial charge in [-0.05, 0) is 44.8 Å². The van der Waals surface area contributed by atoms with Crippen LogP contribution in [-0.4, -0.2) is 58.0 Å². The number of hydrogen-bond donors (Lipinski definition) is 1. The molecule has 2 aliphatic rings. The summed E-state index contributed by atoms with van der Waals surface area (Å²) in [6.07, 6.45) is 6.25. The van der Waals surface area contributed by atoms with Gasteiger partial charge >= 0.3 is 0 Å². The number of benzene rings is 1. The Hall–Kier alpha value is -3.06. The zero-order valence-electron chi connectivity index (χ0n) is 17.0. The third-order valence-electron chi connectivity index (χ3n) is 6.12. The molecule has 0 amide bonds. The van der Waals surface area contributed by atoms with E-state index in [-0.39, 0.29) is 23.1 Å². The number of aldehydes is 1. The Balaban J connectivity index is 1.70. The van der Waals surface area contributed by atoms with Crippen LogP contribution in [0.3, 0.4) is 0 Å². The van der Waals surface area contributed by atoms with Crippen molar-refractivity contribution in [3.8, 4) is 0 Å². The maximum absolute atomic E-state index is 13.1. The van der Waals surface area contributed by atoms with Gasteiger partial charge in [-0.2, -0.15) is 0 Å². The molecule has 2 aliphatic heterocycles. The Morgan fingerprint density at radius 1 is 1.20 bits per heavy atom. The molecule has 30 heavy (non-hydrogen) atoms. The zero-order chi connectivity index (χ0) is 21.1. The van der Waals surface area contributed by atoms with Crippen LogP contribution in [0.5, 0.6) is 0 Å². The number of likely N-dealkylation sites (tertiary alicyclic amines) is 1. The van der Waals surface area contributed by atoms with Gasteiger partial charge in [-0.15, -0.1) is 0 Å². The highest BCUT2D eigenvalue weighted by molar-refractivity contribution is 6.70. The molecule has 1 N–H and O–H groups in total. The number of nitrogens with one attached hydrogen (secondary N) is 1. The molecule has 154 valence electrons. The van der Waals surface area contributed by atoms with Crippen LogP contribution in [0, 0.1) is 18.3 Å². The van der Waals surface area contributed by atoms with Crippen molar-refractivity contribution in [2.75, 3.05) is 19.6 Å². The molecule has 1 aromatic heterocycles.